The smallest absolute Gasteiger partial charge is 0.0945 e. The molecule has 1 aromatic heterocycles. The molecule has 0 saturated carbocycles. The molecule has 0 N–H and O–H groups in total. The molecule has 0 bridgehead atoms. The van der Waals surface area contributed by atoms with Crippen molar-refractivity contribution in [3.8, 4) is 0 Å². The average molecular weight is 353 g/mol. The lowest BCUT2D eigenvalue weighted by atomic mass is 9.92. The molecule has 3 aromatic rings. The molecule has 0 amide bonds. The highest BCUT2D eigenvalue weighted by Gasteiger charge is 2.11. The van der Waals surface area contributed by atoms with E-state index in [1.807, 2.05) is 24.7 Å². The van der Waals surface area contributed by atoms with Crippen molar-refractivity contribution < 1.29 is 0 Å². The lowest BCUT2D eigenvalue weighted by Crippen LogP contribution is -2.12. The molecular formula is C22H25ClN2. The van der Waals surface area contributed by atoms with Gasteiger partial charge < -0.3 is 4.57 Å². The molecule has 0 radical (unpaired) electrons. The van der Waals surface area contributed by atoms with Gasteiger partial charge in [0, 0.05) is 24.0 Å². The van der Waals surface area contributed by atoms with E-state index in [9.17, 15) is 0 Å². The van der Waals surface area contributed by atoms with Gasteiger partial charge in [-0.2, -0.15) is 0 Å². The molecule has 3 heteroatoms. The highest BCUT2D eigenvalue weighted by molar-refractivity contribution is 6.30. The zero-order chi connectivity index (χ0) is 17.5. The van der Waals surface area contributed by atoms with Crippen molar-refractivity contribution >= 4 is 11.6 Å². The highest BCUT2D eigenvalue weighted by atomic mass is 35.5. The summed E-state index contributed by atoms with van der Waals surface area (Å²) in [5.41, 5.74) is 4.21. The second kappa shape index (κ2) is 8.87. The van der Waals surface area contributed by atoms with Crippen LogP contribution in [0.15, 0.2) is 67.3 Å². The zero-order valence-electron chi connectivity index (χ0n) is 14.7. The maximum Gasteiger partial charge on any atom is 0.0945 e. The van der Waals surface area contributed by atoms with Gasteiger partial charge in [0.15, 0.2) is 0 Å². The number of aryl methyl sites for hydroxylation is 3. The van der Waals surface area contributed by atoms with E-state index in [1.54, 1.807) is 0 Å². The molecule has 1 heterocycles. The van der Waals surface area contributed by atoms with Gasteiger partial charge in [-0.25, -0.2) is 4.98 Å². The topological polar surface area (TPSA) is 17.8 Å². The summed E-state index contributed by atoms with van der Waals surface area (Å²) in [6, 6.07) is 16.9. The molecule has 0 aliphatic carbocycles. The van der Waals surface area contributed by atoms with Gasteiger partial charge >= 0.3 is 0 Å². The molecule has 3 rings (SSSR count). The van der Waals surface area contributed by atoms with Crippen LogP contribution in [0.25, 0.3) is 0 Å². The van der Waals surface area contributed by atoms with Gasteiger partial charge in [0.2, 0.25) is 0 Å². The number of hydrogen-bond donors (Lipinski definition) is 0. The molecular weight excluding hydrogens is 328 g/mol. The maximum atomic E-state index is 5.99. The predicted molar refractivity (Wildman–Crippen MR) is 105 cm³/mol. The lowest BCUT2D eigenvalue weighted by molar-refractivity contribution is 0.388. The zero-order valence-corrected chi connectivity index (χ0v) is 15.5. The van der Waals surface area contributed by atoms with Gasteiger partial charge in [0.05, 0.1) is 6.33 Å². The summed E-state index contributed by atoms with van der Waals surface area (Å²) < 4.78 is 2.20. The van der Waals surface area contributed by atoms with Crippen LogP contribution in [0.1, 0.15) is 29.5 Å². The Hall–Kier alpha value is -2.06. The van der Waals surface area contributed by atoms with Crippen LogP contribution in [0.4, 0.5) is 0 Å². The minimum atomic E-state index is 0.629. The third-order valence-electron chi connectivity index (χ3n) is 4.87. The summed E-state index contributed by atoms with van der Waals surface area (Å²) in [5, 5.41) is 0.804. The van der Waals surface area contributed by atoms with Crippen LogP contribution >= 0.6 is 11.6 Å². The molecule has 1 unspecified atom stereocenters. The number of nitrogens with zero attached hydrogens (tertiary/aromatic N) is 2. The molecule has 25 heavy (non-hydrogen) atoms. The molecule has 2 aromatic carbocycles. The van der Waals surface area contributed by atoms with Crippen molar-refractivity contribution in [1.29, 1.82) is 0 Å². The van der Waals surface area contributed by atoms with Crippen molar-refractivity contribution in [3.05, 3.63) is 89.0 Å². The Balaban J connectivity index is 1.62. The first kappa shape index (κ1) is 17.8. The maximum absolute atomic E-state index is 5.99. The summed E-state index contributed by atoms with van der Waals surface area (Å²) in [6.45, 7) is 3.23. The molecule has 0 aliphatic rings. The molecule has 2 nitrogen and oxygen atoms in total. The van der Waals surface area contributed by atoms with Crippen molar-refractivity contribution in [2.45, 2.75) is 39.2 Å². The third kappa shape index (κ3) is 5.47. The number of halogens is 1. The van der Waals surface area contributed by atoms with Crippen molar-refractivity contribution in [1.82, 2.24) is 9.55 Å². The van der Waals surface area contributed by atoms with Crippen LogP contribution in [0, 0.1) is 12.8 Å². The number of hydrogen-bond acceptors (Lipinski definition) is 1. The van der Waals surface area contributed by atoms with Crippen LogP contribution in [-0.2, 0) is 19.4 Å². The molecule has 1 atom stereocenters. The number of imidazole rings is 1. The second-order valence-electron chi connectivity index (χ2n) is 6.76. The highest BCUT2D eigenvalue weighted by Crippen LogP contribution is 2.21. The summed E-state index contributed by atoms with van der Waals surface area (Å²) in [5.74, 6) is 0.629. The van der Waals surface area contributed by atoms with Crippen LogP contribution < -0.4 is 0 Å². The fourth-order valence-corrected chi connectivity index (χ4v) is 3.42. The summed E-state index contributed by atoms with van der Waals surface area (Å²) in [4.78, 5) is 4.18. The van der Waals surface area contributed by atoms with E-state index >= 15 is 0 Å². The first-order valence-electron chi connectivity index (χ1n) is 8.95. The largest absolute Gasteiger partial charge is 0.337 e. The Morgan fingerprint density at radius 1 is 1.00 bits per heavy atom. The van der Waals surface area contributed by atoms with Crippen LogP contribution in [0.5, 0.6) is 0 Å². The fraction of sp³-hybridized carbons (Fsp3) is 0.318. The Labute approximate surface area is 155 Å². The number of aromatic nitrogens is 2. The van der Waals surface area contributed by atoms with E-state index in [-0.39, 0.29) is 0 Å². The summed E-state index contributed by atoms with van der Waals surface area (Å²) in [7, 11) is 0. The van der Waals surface area contributed by atoms with Gasteiger partial charge in [0.25, 0.3) is 0 Å². The SMILES string of the molecule is Cc1ccccc1CCC(CCc1ccc(Cl)cc1)Cn1ccnc1. The predicted octanol–water partition coefficient (Wildman–Crippen LogP) is 5.73. The summed E-state index contributed by atoms with van der Waals surface area (Å²) in [6.07, 6.45) is 10.4. The Morgan fingerprint density at radius 2 is 1.76 bits per heavy atom. The van der Waals surface area contributed by atoms with E-state index < -0.39 is 0 Å². The minimum absolute atomic E-state index is 0.629. The van der Waals surface area contributed by atoms with Crippen LogP contribution in [-0.4, -0.2) is 9.55 Å². The van der Waals surface area contributed by atoms with Gasteiger partial charge in [0.1, 0.15) is 0 Å². The van der Waals surface area contributed by atoms with Crippen molar-refractivity contribution in [2.75, 3.05) is 0 Å². The first-order chi connectivity index (χ1) is 12.2. The molecule has 0 fully saturated rings. The molecule has 0 aliphatic heterocycles. The fourth-order valence-electron chi connectivity index (χ4n) is 3.29. The second-order valence-corrected chi connectivity index (χ2v) is 7.19. The third-order valence-corrected chi connectivity index (χ3v) is 5.12. The van der Waals surface area contributed by atoms with E-state index in [1.165, 1.54) is 29.5 Å². The van der Waals surface area contributed by atoms with Crippen molar-refractivity contribution in [3.63, 3.8) is 0 Å². The van der Waals surface area contributed by atoms with Crippen LogP contribution in [0.2, 0.25) is 5.02 Å². The monoisotopic (exact) mass is 352 g/mol. The van der Waals surface area contributed by atoms with Gasteiger partial charge in [-0.15, -0.1) is 0 Å². The first-order valence-corrected chi connectivity index (χ1v) is 9.33. The Bertz CT molecular complexity index is 763. The van der Waals surface area contributed by atoms with Gasteiger partial charge in [-0.05, 0) is 67.3 Å². The molecule has 0 saturated heterocycles. The van der Waals surface area contributed by atoms with E-state index in [4.69, 9.17) is 11.6 Å². The van der Waals surface area contributed by atoms with Gasteiger partial charge in [-0.3, -0.25) is 0 Å². The van der Waals surface area contributed by atoms with E-state index in [0.29, 0.717) is 5.92 Å². The molecule has 0 spiro atoms. The Kier molecular flexibility index (Phi) is 6.30. The quantitative estimate of drug-likeness (QED) is 0.506. The average Bonchev–Trinajstić information content (AvgIpc) is 3.13. The van der Waals surface area contributed by atoms with Crippen LogP contribution in [0.3, 0.4) is 0 Å². The number of benzene rings is 2. The minimum Gasteiger partial charge on any atom is -0.337 e. The normalized spacial score (nSPS) is 12.2. The van der Waals surface area contributed by atoms with Gasteiger partial charge in [-0.1, -0.05) is 48.0 Å². The standard InChI is InChI=1S/C22H25ClN2/c1-18-4-2-3-5-21(18)11-8-20(16-25-15-14-24-17-25)7-6-19-9-12-22(23)13-10-19/h2-5,9-10,12-15,17,20H,6-8,11,16H2,1H3. The van der Waals surface area contributed by atoms with E-state index in [2.05, 4.69) is 59.1 Å². The van der Waals surface area contributed by atoms with Crippen molar-refractivity contribution in [2.24, 2.45) is 5.92 Å². The molecule has 130 valence electrons. The lowest BCUT2D eigenvalue weighted by Gasteiger charge is -2.18. The summed E-state index contributed by atoms with van der Waals surface area (Å²) >= 11 is 5.99. The van der Waals surface area contributed by atoms with E-state index in [0.717, 1.165) is 24.4 Å². The Morgan fingerprint density at radius 3 is 2.48 bits per heavy atom. The number of rotatable bonds is 8.